The van der Waals surface area contributed by atoms with Gasteiger partial charge in [-0.05, 0) is 78.2 Å². The monoisotopic (exact) mass is 696 g/mol. The second kappa shape index (κ2) is 19.5. The van der Waals surface area contributed by atoms with Gasteiger partial charge < -0.3 is 34.7 Å². The van der Waals surface area contributed by atoms with E-state index in [0.29, 0.717) is 34.7 Å². The second-order valence-electron chi connectivity index (χ2n) is 11.8. The highest BCUT2D eigenvalue weighted by atomic mass is 16.6. The van der Waals surface area contributed by atoms with Crippen LogP contribution in [0.25, 0.3) is 0 Å². The van der Waals surface area contributed by atoms with Crippen molar-refractivity contribution < 1.29 is 43.2 Å². The van der Waals surface area contributed by atoms with Gasteiger partial charge in [0.1, 0.15) is 11.8 Å². The molecule has 0 saturated heterocycles. The fraction of sp³-hybridized carbons (Fsp3) is 0.300. The van der Waals surface area contributed by atoms with E-state index in [1.54, 1.807) is 60.7 Å². The Bertz CT molecular complexity index is 1740. The lowest BCUT2D eigenvalue weighted by Crippen LogP contribution is -2.42. The summed E-state index contributed by atoms with van der Waals surface area (Å²) in [5, 5.41) is 15.2. The highest BCUT2D eigenvalue weighted by molar-refractivity contribution is 5.98. The topological polar surface area (TPSA) is 149 Å². The van der Waals surface area contributed by atoms with E-state index in [1.807, 2.05) is 18.2 Å². The molecule has 2 amide bonds. The Morgan fingerprint density at radius 1 is 0.765 bits per heavy atom. The van der Waals surface area contributed by atoms with Crippen LogP contribution in [0, 0.1) is 0 Å². The summed E-state index contributed by atoms with van der Waals surface area (Å²) in [7, 11) is 2.85. The van der Waals surface area contributed by atoms with Crippen LogP contribution in [0.5, 0.6) is 17.2 Å². The first kappa shape index (κ1) is 38.1. The van der Waals surface area contributed by atoms with Crippen molar-refractivity contribution in [2.45, 2.75) is 57.6 Å². The largest absolute Gasteiger partial charge is 0.494 e. The first-order chi connectivity index (χ1) is 24.7. The van der Waals surface area contributed by atoms with E-state index in [9.17, 15) is 24.3 Å². The van der Waals surface area contributed by atoms with Gasteiger partial charge in [-0.15, -0.1) is 0 Å². The number of benzene rings is 4. The molecular weight excluding hydrogens is 652 g/mol. The molecule has 0 radical (unpaired) electrons. The van der Waals surface area contributed by atoms with Crippen LogP contribution in [0.3, 0.4) is 0 Å². The van der Waals surface area contributed by atoms with Gasteiger partial charge in [0.25, 0.3) is 11.8 Å². The van der Waals surface area contributed by atoms with Crippen molar-refractivity contribution in [3.8, 4) is 17.2 Å². The minimum Gasteiger partial charge on any atom is -0.494 e. The molecule has 0 aromatic heterocycles. The number of hydrogen-bond donors (Lipinski definition) is 3. The van der Waals surface area contributed by atoms with Gasteiger partial charge in [0, 0.05) is 24.8 Å². The van der Waals surface area contributed by atoms with Gasteiger partial charge in [0.2, 0.25) is 0 Å². The Morgan fingerprint density at radius 3 is 2.10 bits per heavy atom. The number of amides is 2. The quantitative estimate of drug-likeness (QED) is 0.0534. The maximum Gasteiger partial charge on any atom is 0.343 e. The summed E-state index contributed by atoms with van der Waals surface area (Å²) < 4.78 is 22.1. The van der Waals surface area contributed by atoms with Gasteiger partial charge >= 0.3 is 11.9 Å². The highest BCUT2D eigenvalue weighted by Crippen LogP contribution is 2.30. The first-order valence-electron chi connectivity index (χ1n) is 16.9. The number of nitrogens with one attached hydrogen (secondary N) is 2. The number of carboxylic acid groups (broad SMARTS) is 1. The molecule has 0 spiro atoms. The molecule has 0 saturated carbocycles. The Kier molecular flexibility index (Phi) is 14.6. The van der Waals surface area contributed by atoms with E-state index in [-0.39, 0.29) is 29.4 Å². The molecule has 0 heterocycles. The van der Waals surface area contributed by atoms with Crippen LogP contribution in [0.1, 0.15) is 77.0 Å². The number of carbonyl (C=O) groups is 4. The lowest BCUT2D eigenvalue weighted by Gasteiger charge is -2.17. The molecule has 0 aliphatic carbocycles. The molecule has 0 aliphatic rings. The van der Waals surface area contributed by atoms with E-state index < -0.39 is 30.0 Å². The van der Waals surface area contributed by atoms with Crippen LogP contribution in [-0.2, 0) is 20.7 Å². The van der Waals surface area contributed by atoms with Crippen molar-refractivity contribution in [2.24, 2.45) is 0 Å². The number of rotatable bonds is 19. The summed E-state index contributed by atoms with van der Waals surface area (Å²) in [6.45, 7) is 2.79. The van der Waals surface area contributed by atoms with Crippen molar-refractivity contribution in [3.63, 3.8) is 0 Å². The minimum atomic E-state index is -1.28. The summed E-state index contributed by atoms with van der Waals surface area (Å²) >= 11 is 0. The number of hydrogen-bond acceptors (Lipinski definition) is 8. The second-order valence-corrected chi connectivity index (χ2v) is 11.8. The van der Waals surface area contributed by atoms with Gasteiger partial charge in [-0.1, -0.05) is 69.0 Å². The number of unbranched alkanes of at least 4 members (excludes halogenated alkanes) is 4. The number of carbonyl (C=O) groups excluding carboxylic acids is 3. The number of aliphatic carboxylic acids is 1. The van der Waals surface area contributed by atoms with E-state index in [1.165, 1.54) is 51.7 Å². The van der Waals surface area contributed by atoms with E-state index >= 15 is 0 Å². The smallest absolute Gasteiger partial charge is 0.343 e. The molecule has 3 N–H and O–H groups in total. The Labute approximate surface area is 297 Å². The summed E-state index contributed by atoms with van der Waals surface area (Å²) in [5.74, 6) is -1.78. The molecule has 0 bridgehead atoms. The Morgan fingerprint density at radius 2 is 1.45 bits per heavy atom. The van der Waals surface area contributed by atoms with Gasteiger partial charge in [-0.25, -0.2) is 9.59 Å². The average Bonchev–Trinajstić information content (AvgIpc) is 3.14. The molecule has 268 valence electrons. The number of methoxy groups -OCH3 is 2. The number of anilines is 1. The van der Waals surface area contributed by atoms with Crippen LogP contribution >= 0.6 is 0 Å². The molecule has 4 aromatic carbocycles. The van der Waals surface area contributed by atoms with Crippen molar-refractivity contribution in [1.29, 1.82) is 0 Å². The zero-order chi connectivity index (χ0) is 36.6. The van der Waals surface area contributed by atoms with Gasteiger partial charge in [0.15, 0.2) is 17.6 Å². The molecule has 11 nitrogen and oxygen atoms in total. The third-order valence-electron chi connectivity index (χ3n) is 8.07. The Hall–Kier alpha value is -5.68. The van der Waals surface area contributed by atoms with Crippen LogP contribution in [0.2, 0.25) is 0 Å². The summed E-state index contributed by atoms with van der Waals surface area (Å²) in [6, 6.07) is 25.2. The zero-order valence-corrected chi connectivity index (χ0v) is 29.1. The summed E-state index contributed by atoms with van der Waals surface area (Å²) in [5.41, 5.74) is 2.18. The van der Waals surface area contributed by atoms with E-state index in [2.05, 4.69) is 17.6 Å². The standard InChI is InChI=1S/C40H44N2O9/c1-4-5-6-7-11-24-50-32-21-17-30(18-22-32)40(47)51-34-23-14-27(26-35(34)48-2)25-33(39(45)46)42-37(43)29-15-19-31(20-16-29)41-38(44)36(49-3)28-12-9-8-10-13-28/h8-10,12-23,26,33,36H,4-7,11,24-25H2,1-3H3,(H,41,44)(H,42,43)(H,45,46). The predicted octanol–water partition coefficient (Wildman–Crippen LogP) is 7.02. The van der Waals surface area contributed by atoms with Crippen molar-refractivity contribution in [3.05, 3.63) is 119 Å². The summed E-state index contributed by atoms with van der Waals surface area (Å²) in [6.07, 6.45) is 4.80. The van der Waals surface area contributed by atoms with Crippen molar-refractivity contribution in [2.75, 3.05) is 26.1 Å². The summed E-state index contributed by atoms with van der Waals surface area (Å²) in [4.78, 5) is 50.8. The maximum absolute atomic E-state index is 13.0. The fourth-order valence-corrected chi connectivity index (χ4v) is 5.28. The van der Waals surface area contributed by atoms with Crippen molar-refractivity contribution in [1.82, 2.24) is 5.32 Å². The molecule has 4 rings (SSSR count). The molecule has 2 atom stereocenters. The van der Waals surface area contributed by atoms with E-state index in [4.69, 9.17) is 18.9 Å². The van der Waals surface area contributed by atoms with Crippen LogP contribution in [0.4, 0.5) is 5.69 Å². The minimum absolute atomic E-state index is 0.0717. The highest BCUT2D eigenvalue weighted by Gasteiger charge is 2.23. The normalized spacial score (nSPS) is 11.9. The lowest BCUT2D eigenvalue weighted by molar-refractivity contribution is -0.139. The number of esters is 1. The van der Waals surface area contributed by atoms with Gasteiger partial charge in [-0.3, -0.25) is 9.59 Å². The molecule has 51 heavy (non-hydrogen) atoms. The third-order valence-corrected chi connectivity index (χ3v) is 8.07. The molecular formula is C40H44N2O9. The van der Waals surface area contributed by atoms with Gasteiger partial charge in [-0.2, -0.15) is 0 Å². The molecule has 2 unspecified atom stereocenters. The van der Waals surface area contributed by atoms with Crippen LogP contribution < -0.4 is 24.8 Å². The van der Waals surface area contributed by atoms with E-state index in [0.717, 1.165) is 12.8 Å². The SMILES string of the molecule is CCCCCCCOc1ccc(C(=O)Oc2ccc(CC(NC(=O)c3ccc(NC(=O)C(OC)c4ccccc4)cc3)C(=O)O)cc2OC)cc1. The average molecular weight is 697 g/mol. The van der Waals surface area contributed by atoms with Crippen molar-refractivity contribution >= 4 is 29.4 Å². The maximum atomic E-state index is 13.0. The molecule has 4 aromatic rings. The number of ether oxygens (including phenoxy) is 4. The first-order valence-corrected chi connectivity index (χ1v) is 16.9. The van der Waals surface area contributed by atoms with Gasteiger partial charge in [0.05, 0.1) is 19.3 Å². The van der Waals surface area contributed by atoms with Crippen LogP contribution in [-0.4, -0.2) is 55.7 Å². The fourth-order valence-electron chi connectivity index (χ4n) is 5.28. The zero-order valence-electron chi connectivity index (χ0n) is 29.1. The lowest BCUT2D eigenvalue weighted by atomic mass is 10.0. The molecule has 0 aliphatic heterocycles. The molecule has 0 fully saturated rings. The Balaban J connectivity index is 1.32. The van der Waals surface area contributed by atoms with Crippen LogP contribution in [0.15, 0.2) is 97.1 Å². The predicted molar refractivity (Wildman–Crippen MR) is 193 cm³/mol. The molecule has 11 heteroatoms. The number of carboxylic acids is 1. The third kappa shape index (κ3) is 11.4.